The Balaban J connectivity index is 2.18. The molecule has 0 aliphatic carbocycles. The Morgan fingerprint density at radius 3 is 2.64 bits per heavy atom. The Morgan fingerprint density at radius 1 is 1.23 bits per heavy atom. The van der Waals surface area contributed by atoms with E-state index in [1.807, 2.05) is 43.3 Å². The largest absolute Gasteiger partial charge is 0.496 e. The number of hydrogen-bond donors (Lipinski definition) is 2. The first-order chi connectivity index (χ1) is 10.5. The Kier molecular flexibility index (Phi) is 5.66. The van der Waals surface area contributed by atoms with Crippen LogP contribution in [-0.2, 0) is 6.61 Å². The molecule has 0 aliphatic rings. The van der Waals surface area contributed by atoms with Crippen molar-refractivity contribution in [3.05, 3.63) is 58.1 Å². The van der Waals surface area contributed by atoms with E-state index in [0.29, 0.717) is 11.6 Å². The highest BCUT2D eigenvalue weighted by Crippen LogP contribution is 2.26. The lowest BCUT2D eigenvalue weighted by Crippen LogP contribution is -2.15. The van der Waals surface area contributed by atoms with Crippen molar-refractivity contribution in [1.82, 2.24) is 0 Å². The minimum absolute atomic E-state index is 0.108. The second-order valence-electron chi connectivity index (χ2n) is 5.06. The van der Waals surface area contributed by atoms with Crippen LogP contribution in [0.2, 0.25) is 5.02 Å². The van der Waals surface area contributed by atoms with Gasteiger partial charge < -0.3 is 20.3 Å². The minimum Gasteiger partial charge on any atom is -0.496 e. The molecule has 0 saturated heterocycles. The average Bonchev–Trinajstić information content (AvgIpc) is 2.54. The topological polar surface area (TPSA) is 64.7 Å². The fraction of sp³-hybridized carbons (Fsp3) is 0.294. The van der Waals surface area contributed by atoms with E-state index in [2.05, 4.69) is 0 Å². The Hall–Kier alpha value is -1.75. The van der Waals surface area contributed by atoms with Gasteiger partial charge in [0.2, 0.25) is 0 Å². The van der Waals surface area contributed by atoms with Crippen molar-refractivity contribution in [1.29, 1.82) is 0 Å². The number of rotatable bonds is 6. The van der Waals surface area contributed by atoms with E-state index in [9.17, 15) is 5.11 Å². The number of hydrogen-bond acceptors (Lipinski definition) is 4. The maximum Gasteiger partial charge on any atom is 0.125 e. The highest BCUT2D eigenvalue weighted by molar-refractivity contribution is 6.31. The second-order valence-corrected chi connectivity index (χ2v) is 5.47. The van der Waals surface area contributed by atoms with E-state index in [-0.39, 0.29) is 6.61 Å². The SMILES string of the molecule is COc1ccc([C@@H](N)CO)cc1COc1ccc(Cl)c(C)c1. The number of ether oxygens (including phenoxy) is 2. The van der Waals surface area contributed by atoms with Gasteiger partial charge >= 0.3 is 0 Å². The maximum atomic E-state index is 9.17. The summed E-state index contributed by atoms with van der Waals surface area (Å²) in [6.07, 6.45) is 0. The van der Waals surface area contributed by atoms with Crippen molar-refractivity contribution in [2.45, 2.75) is 19.6 Å². The molecule has 118 valence electrons. The molecular weight excluding hydrogens is 302 g/mol. The summed E-state index contributed by atoms with van der Waals surface area (Å²) in [6.45, 7) is 2.16. The molecule has 22 heavy (non-hydrogen) atoms. The number of benzene rings is 2. The van der Waals surface area contributed by atoms with Gasteiger partial charge in [-0.1, -0.05) is 17.7 Å². The van der Waals surface area contributed by atoms with Crippen LogP contribution in [0, 0.1) is 6.92 Å². The molecule has 5 heteroatoms. The van der Waals surface area contributed by atoms with E-state index >= 15 is 0 Å². The molecule has 3 N–H and O–H groups in total. The predicted octanol–water partition coefficient (Wildman–Crippen LogP) is 3.23. The van der Waals surface area contributed by atoms with Crippen LogP contribution in [0.4, 0.5) is 0 Å². The lowest BCUT2D eigenvalue weighted by molar-refractivity contribution is 0.267. The first kappa shape index (κ1) is 16.6. The molecular formula is C17H20ClNO3. The first-order valence-corrected chi connectivity index (χ1v) is 7.35. The summed E-state index contributed by atoms with van der Waals surface area (Å²) in [7, 11) is 1.61. The van der Waals surface area contributed by atoms with Crippen LogP contribution in [0.5, 0.6) is 11.5 Å². The molecule has 1 atom stereocenters. The van der Waals surface area contributed by atoms with Gasteiger partial charge in [0.1, 0.15) is 18.1 Å². The smallest absolute Gasteiger partial charge is 0.125 e. The Morgan fingerprint density at radius 2 is 2.00 bits per heavy atom. The fourth-order valence-corrected chi connectivity index (χ4v) is 2.23. The number of aryl methyl sites for hydroxylation is 1. The van der Waals surface area contributed by atoms with Crippen molar-refractivity contribution in [3.8, 4) is 11.5 Å². The van der Waals surface area contributed by atoms with Gasteiger partial charge in [0.05, 0.1) is 19.8 Å². The van der Waals surface area contributed by atoms with Gasteiger partial charge in [0.25, 0.3) is 0 Å². The number of methoxy groups -OCH3 is 1. The van der Waals surface area contributed by atoms with Crippen molar-refractivity contribution in [2.75, 3.05) is 13.7 Å². The molecule has 0 heterocycles. The fourth-order valence-electron chi connectivity index (χ4n) is 2.12. The van der Waals surface area contributed by atoms with Crippen molar-refractivity contribution < 1.29 is 14.6 Å². The van der Waals surface area contributed by atoms with Crippen molar-refractivity contribution in [3.63, 3.8) is 0 Å². The van der Waals surface area contributed by atoms with Gasteiger partial charge in [-0.3, -0.25) is 0 Å². The molecule has 0 radical (unpaired) electrons. The zero-order chi connectivity index (χ0) is 16.1. The summed E-state index contributed by atoms with van der Waals surface area (Å²) in [4.78, 5) is 0. The normalized spacial score (nSPS) is 12.0. The van der Waals surface area contributed by atoms with Gasteiger partial charge in [-0.05, 0) is 48.4 Å². The van der Waals surface area contributed by atoms with Crippen LogP contribution in [0.3, 0.4) is 0 Å². The summed E-state index contributed by atoms with van der Waals surface area (Å²) >= 11 is 6.00. The molecule has 0 amide bonds. The summed E-state index contributed by atoms with van der Waals surface area (Å²) in [5.41, 5.74) is 8.53. The third kappa shape index (κ3) is 3.91. The van der Waals surface area contributed by atoms with Crippen LogP contribution in [-0.4, -0.2) is 18.8 Å². The molecule has 0 aromatic heterocycles. The molecule has 0 spiro atoms. The summed E-state index contributed by atoms with van der Waals surface area (Å²) in [6, 6.07) is 10.7. The highest BCUT2D eigenvalue weighted by Gasteiger charge is 2.10. The highest BCUT2D eigenvalue weighted by atomic mass is 35.5. The third-order valence-electron chi connectivity index (χ3n) is 3.45. The number of aliphatic hydroxyl groups excluding tert-OH is 1. The van der Waals surface area contributed by atoms with E-state index in [1.165, 1.54) is 0 Å². The van der Waals surface area contributed by atoms with E-state index in [4.69, 9.17) is 26.8 Å². The lowest BCUT2D eigenvalue weighted by atomic mass is 10.0. The standard InChI is InChI=1S/C17H20ClNO3/c1-11-7-14(4-5-15(11)18)22-10-13-8-12(16(19)9-20)3-6-17(13)21-2/h3-8,16,20H,9-10,19H2,1-2H3/t16-/m0/s1. The molecule has 0 fully saturated rings. The first-order valence-electron chi connectivity index (χ1n) is 6.97. The molecule has 0 unspecified atom stereocenters. The van der Waals surface area contributed by atoms with Crippen LogP contribution in [0.25, 0.3) is 0 Å². The van der Waals surface area contributed by atoms with Crippen LogP contribution < -0.4 is 15.2 Å². The molecule has 2 aromatic rings. The van der Waals surface area contributed by atoms with Crippen LogP contribution >= 0.6 is 11.6 Å². The monoisotopic (exact) mass is 321 g/mol. The molecule has 0 saturated carbocycles. The van der Waals surface area contributed by atoms with Gasteiger partial charge in [-0.2, -0.15) is 0 Å². The Bertz CT molecular complexity index is 646. The summed E-state index contributed by atoms with van der Waals surface area (Å²) in [5.74, 6) is 1.46. The van der Waals surface area contributed by atoms with Gasteiger partial charge in [0.15, 0.2) is 0 Å². The quantitative estimate of drug-likeness (QED) is 0.857. The van der Waals surface area contributed by atoms with Gasteiger partial charge in [-0.25, -0.2) is 0 Å². The Labute approximate surface area is 135 Å². The molecule has 2 aromatic carbocycles. The van der Waals surface area contributed by atoms with E-state index < -0.39 is 6.04 Å². The molecule has 0 aliphatic heterocycles. The third-order valence-corrected chi connectivity index (χ3v) is 3.88. The van der Waals surface area contributed by atoms with Crippen molar-refractivity contribution >= 4 is 11.6 Å². The maximum absolute atomic E-state index is 9.17. The summed E-state index contributed by atoms with van der Waals surface area (Å²) in [5, 5.41) is 9.88. The molecule has 4 nitrogen and oxygen atoms in total. The molecule has 0 bridgehead atoms. The predicted molar refractivity (Wildman–Crippen MR) is 87.5 cm³/mol. The summed E-state index contributed by atoms with van der Waals surface area (Å²) < 4.78 is 11.1. The minimum atomic E-state index is -0.414. The second kappa shape index (κ2) is 7.49. The number of halogens is 1. The molecule has 2 rings (SSSR count). The van der Waals surface area contributed by atoms with Gasteiger partial charge in [0, 0.05) is 10.6 Å². The lowest BCUT2D eigenvalue weighted by Gasteiger charge is -2.15. The zero-order valence-electron chi connectivity index (χ0n) is 12.7. The van der Waals surface area contributed by atoms with E-state index in [1.54, 1.807) is 7.11 Å². The van der Waals surface area contributed by atoms with E-state index in [0.717, 1.165) is 28.2 Å². The van der Waals surface area contributed by atoms with Crippen LogP contribution in [0.15, 0.2) is 36.4 Å². The van der Waals surface area contributed by atoms with Crippen molar-refractivity contribution in [2.24, 2.45) is 5.73 Å². The number of aliphatic hydroxyl groups is 1. The van der Waals surface area contributed by atoms with Gasteiger partial charge in [-0.15, -0.1) is 0 Å². The zero-order valence-corrected chi connectivity index (χ0v) is 13.4. The average molecular weight is 322 g/mol. The van der Waals surface area contributed by atoms with Crippen LogP contribution in [0.1, 0.15) is 22.7 Å². The number of nitrogens with two attached hydrogens (primary N) is 1.